The first-order valence-electron chi connectivity index (χ1n) is 13.1. The predicted molar refractivity (Wildman–Crippen MR) is 147 cm³/mol. The minimum Gasteiger partial charge on any atom is -0.478 e. The highest BCUT2D eigenvalue weighted by molar-refractivity contribution is 7.89. The van der Waals surface area contributed by atoms with Gasteiger partial charge < -0.3 is 15.5 Å². The van der Waals surface area contributed by atoms with Crippen LogP contribution in [0.25, 0.3) is 6.08 Å². The van der Waals surface area contributed by atoms with Crippen molar-refractivity contribution in [3.8, 4) is 0 Å². The largest absolute Gasteiger partial charge is 0.478 e. The molecule has 0 aliphatic heterocycles. The fourth-order valence-corrected chi connectivity index (χ4v) is 6.45. The number of alkyl halides is 3. The number of rotatable bonds is 12. The number of aliphatic hydroxyl groups is 1. The lowest BCUT2D eigenvalue weighted by atomic mass is 9.88. The Morgan fingerprint density at radius 1 is 1.15 bits per heavy atom. The van der Waals surface area contributed by atoms with E-state index >= 15 is 0 Å². The van der Waals surface area contributed by atoms with E-state index in [2.05, 4.69) is 17.4 Å². The molecule has 1 aliphatic rings. The van der Waals surface area contributed by atoms with E-state index < -0.39 is 38.7 Å². The number of hydrogen-bond donors (Lipinski definition) is 3. The average Bonchev–Trinajstić information content (AvgIpc) is 3.26. The minimum absolute atomic E-state index is 0.0385. The molecule has 0 amide bonds. The Bertz CT molecular complexity index is 1330. The van der Waals surface area contributed by atoms with Crippen molar-refractivity contribution in [1.29, 1.82) is 0 Å². The fourth-order valence-electron chi connectivity index (χ4n) is 5.16. The van der Waals surface area contributed by atoms with Crippen LogP contribution >= 0.6 is 0 Å². The van der Waals surface area contributed by atoms with Gasteiger partial charge in [-0.2, -0.15) is 17.5 Å². The molecule has 3 N–H and O–H groups in total. The number of carboxylic acid groups (broad SMARTS) is 1. The summed E-state index contributed by atoms with van der Waals surface area (Å²) in [6.07, 6.45) is -2.10. The summed E-state index contributed by atoms with van der Waals surface area (Å²) in [5.41, 5.74) is 0.775. The SMILES string of the molecule is CCC(=Cc1cc(C(F)(F)F)cc(S(=O)(=O)N(C)C[C@H](O)CNC(C)(C)CC2Cc3ccccc3C2)c1)C(=O)O. The summed E-state index contributed by atoms with van der Waals surface area (Å²) >= 11 is 0. The number of sulfonamides is 1. The third-order valence-electron chi connectivity index (χ3n) is 7.18. The van der Waals surface area contributed by atoms with Crippen LogP contribution < -0.4 is 5.32 Å². The second-order valence-corrected chi connectivity index (χ2v) is 13.1. The van der Waals surface area contributed by atoms with E-state index in [1.807, 2.05) is 26.0 Å². The number of aliphatic carboxylic acids is 1. The molecule has 3 rings (SSSR count). The van der Waals surface area contributed by atoms with Gasteiger partial charge in [-0.3, -0.25) is 0 Å². The van der Waals surface area contributed by atoms with Gasteiger partial charge in [0.15, 0.2) is 0 Å². The summed E-state index contributed by atoms with van der Waals surface area (Å²) in [7, 11) is -3.25. The van der Waals surface area contributed by atoms with Gasteiger partial charge in [-0.15, -0.1) is 0 Å². The van der Waals surface area contributed by atoms with Crippen LogP contribution in [0.3, 0.4) is 0 Å². The van der Waals surface area contributed by atoms with Gasteiger partial charge in [-0.05, 0) is 86.4 Å². The quantitative estimate of drug-likeness (QED) is 0.312. The molecule has 0 unspecified atom stereocenters. The summed E-state index contributed by atoms with van der Waals surface area (Å²) in [5, 5.41) is 23.2. The maximum absolute atomic E-state index is 13.6. The van der Waals surface area contributed by atoms with E-state index in [1.54, 1.807) is 0 Å². The molecule has 0 saturated heterocycles. The molecular formula is C29H37F3N2O5S. The molecule has 0 aromatic heterocycles. The van der Waals surface area contributed by atoms with Gasteiger partial charge in [0.1, 0.15) is 0 Å². The topological polar surface area (TPSA) is 107 Å². The Kier molecular flexibility index (Phi) is 9.87. The van der Waals surface area contributed by atoms with Gasteiger partial charge in [0.25, 0.3) is 0 Å². The molecule has 0 radical (unpaired) electrons. The van der Waals surface area contributed by atoms with Crippen LogP contribution in [-0.4, -0.2) is 60.7 Å². The lowest BCUT2D eigenvalue weighted by Crippen LogP contribution is -2.47. The highest BCUT2D eigenvalue weighted by Gasteiger charge is 2.34. The maximum atomic E-state index is 13.6. The smallest absolute Gasteiger partial charge is 0.416 e. The van der Waals surface area contributed by atoms with E-state index in [0.29, 0.717) is 18.1 Å². The summed E-state index contributed by atoms with van der Waals surface area (Å²) in [6.45, 7) is 5.30. The number of nitrogens with one attached hydrogen (secondary N) is 1. The van der Waals surface area contributed by atoms with E-state index in [4.69, 9.17) is 0 Å². The zero-order chi connectivity index (χ0) is 29.9. The minimum atomic E-state index is -4.85. The number of hydrogen-bond acceptors (Lipinski definition) is 5. The highest BCUT2D eigenvalue weighted by Crippen LogP contribution is 2.34. The van der Waals surface area contributed by atoms with Crippen molar-refractivity contribution in [3.63, 3.8) is 0 Å². The molecule has 2 aromatic rings. The first kappa shape index (κ1) is 31.8. The van der Waals surface area contributed by atoms with Crippen molar-refractivity contribution < 1.29 is 36.6 Å². The number of β-amino-alcohol motifs (C(OH)–C–C–N with tert-alkyl or cyclic N) is 1. The van der Waals surface area contributed by atoms with E-state index in [0.717, 1.165) is 35.7 Å². The Hall–Kier alpha value is -2.73. The van der Waals surface area contributed by atoms with Crippen molar-refractivity contribution in [2.45, 2.75) is 69.2 Å². The lowest BCUT2D eigenvalue weighted by Gasteiger charge is -2.31. The van der Waals surface area contributed by atoms with E-state index in [1.165, 1.54) is 25.1 Å². The Balaban J connectivity index is 1.69. The van der Waals surface area contributed by atoms with Gasteiger partial charge >= 0.3 is 12.1 Å². The second kappa shape index (κ2) is 12.4. The van der Waals surface area contributed by atoms with Crippen molar-refractivity contribution in [2.24, 2.45) is 5.92 Å². The summed E-state index contributed by atoms with van der Waals surface area (Å²) in [4.78, 5) is 10.7. The molecule has 220 valence electrons. The van der Waals surface area contributed by atoms with Crippen molar-refractivity contribution in [2.75, 3.05) is 20.1 Å². The number of aliphatic hydroxyl groups excluding tert-OH is 1. The first-order valence-corrected chi connectivity index (χ1v) is 14.6. The second-order valence-electron chi connectivity index (χ2n) is 11.1. The molecular weight excluding hydrogens is 545 g/mol. The van der Waals surface area contributed by atoms with E-state index in [9.17, 15) is 36.6 Å². The Morgan fingerprint density at radius 2 is 1.75 bits per heavy atom. The molecule has 0 bridgehead atoms. The maximum Gasteiger partial charge on any atom is 0.416 e. The molecule has 2 aromatic carbocycles. The van der Waals surface area contributed by atoms with Crippen LogP contribution in [0.5, 0.6) is 0 Å². The third kappa shape index (κ3) is 8.15. The molecule has 0 fully saturated rings. The molecule has 0 spiro atoms. The molecule has 0 saturated carbocycles. The van der Waals surface area contributed by atoms with Gasteiger partial charge in [0, 0.05) is 31.2 Å². The molecule has 11 heteroatoms. The van der Waals surface area contributed by atoms with Crippen LogP contribution in [0.2, 0.25) is 0 Å². The number of nitrogens with zero attached hydrogens (tertiary/aromatic N) is 1. The van der Waals surface area contributed by atoms with Gasteiger partial charge in [-0.1, -0.05) is 31.2 Å². The van der Waals surface area contributed by atoms with Crippen molar-refractivity contribution in [1.82, 2.24) is 9.62 Å². The van der Waals surface area contributed by atoms with Crippen LogP contribution in [0.1, 0.15) is 55.9 Å². The number of likely N-dealkylation sites (N-methyl/N-ethyl adjacent to an activating group) is 1. The van der Waals surface area contributed by atoms with Crippen LogP contribution in [0, 0.1) is 5.92 Å². The molecule has 7 nitrogen and oxygen atoms in total. The summed E-state index contributed by atoms with van der Waals surface area (Å²) in [6, 6.07) is 10.6. The van der Waals surface area contributed by atoms with E-state index in [-0.39, 0.29) is 36.2 Å². The molecule has 0 heterocycles. The predicted octanol–water partition coefficient (Wildman–Crippen LogP) is 4.74. The highest BCUT2D eigenvalue weighted by atomic mass is 32.2. The average molecular weight is 583 g/mol. The number of carbonyl (C=O) groups is 1. The zero-order valence-electron chi connectivity index (χ0n) is 23.1. The number of benzene rings is 2. The van der Waals surface area contributed by atoms with Gasteiger partial charge in [-0.25, -0.2) is 13.2 Å². The van der Waals surface area contributed by atoms with Crippen LogP contribution in [-0.2, 0) is 33.8 Å². The van der Waals surface area contributed by atoms with Gasteiger partial charge in [0.2, 0.25) is 10.0 Å². The standard InChI is InChI=1S/C29H37F3N2O5S/c1-5-21(27(36)37)10-19-13-24(29(30,31)32)15-26(14-19)40(38,39)34(4)18-25(35)17-33-28(2,3)16-20-11-22-8-6-7-9-23(22)12-20/h6-10,13-15,20,25,33,35H,5,11-12,16-18H2,1-4H3,(H,36,37)/t25-/m1/s1. The number of halogens is 3. The normalized spacial score (nSPS) is 15.9. The lowest BCUT2D eigenvalue weighted by molar-refractivity contribution is -0.137. The van der Waals surface area contributed by atoms with Crippen molar-refractivity contribution in [3.05, 3.63) is 70.3 Å². The Morgan fingerprint density at radius 3 is 2.27 bits per heavy atom. The first-order chi connectivity index (χ1) is 18.5. The third-order valence-corrected chi connectivity index (χ3v) is 8.98. The number of fused-ring (bicyclic) bond motifs is 1. The fraction of sp³-hybridized carbons (Fsp3) is 0.483. The van der Waals surface area contributed by atoms with Crippen LogP contribution in [0.4, 0.5) is 13.2 Å². The monoisotopic (exact) mass is 582 g/mol. The van der Waals surface area contributed by atoms with Gasteiger partial charge in [0.05, 0.1) is 16.6 Å². The van der Waals surface area contributed by atoms with Crippen LogP contribution in [0.15, 0.2) is 52.9 Å². The number of carboxylic acids is 1. The summed E-state index contributed by atoms with van der Waals surface area (Å²) in [5.74, 6) is -0.865. The Labute approximate surface area is 233 Å². The molecule has 40 heavy (non-hydrogen) atoms. The summed E-state index contributed by atoms with van der Waals surface area (Å²) < 4.78 is 67.9. The molecule has 1 aliphatic carbocycles. The molecule has 1 atom stereocenters. The van der Waals surface area contributed by atoms with Crippen molar-refractivity contribution >= 4 is 22.1 Å². The zero-order valence-corrected chi connectivity index (χ0v) is 23.9.